The fourth-order valence-corrected chi connectivity index (χ4v) is 2.92. The Morgan fingerprint density at radius 1 is 1.19 bits per heavy atom. The van der Waals surface area contributed by atoms with Gasteiger partial charge < -0.3 is 15.4 Å². The molecule has 6 heteroatoms. The van der Waals surface area contributed by atoms with Gasteiger partial charge in [0.05, 0.1) is 17.2 Å². The number of nitrogens with zero attached hydrogens (tertiary/aromatic N) is 1. The zero-order chi connectivity index (χ0) is 18.1. The molecule has 2 heterocycles. The van der Waals surface area contributed by atoms with Crippen LogP contribution in [0.3, 0.4) is 0 Å². The van der Waals surface area contributed by atoms with Gasteiger partial charge in [-0.15, -0.1) is 0 Å². The number of hydrogen-bond donors (Lipinski definition) is 2. The number of carbonyl (C=O) groups is 2. The Labute approximate surface area is 150 Å². The quantitative estimate of drug-likeness (QED) is 0.763. The maximum absolute atomic E-state index is 12.5. The van der Waals surface area contributed by atoms with E-state index in [4.69, 9.17) is 4.74 Å². The van der Waals surface area contributed by atoms with E-state index in [0.717, 1.165) is 16.5 Å². The first-order valence-electron chi connectivity index (χ1n) is 8.33. The molecule has 1 aliphatic rings. The van der Waals surface area contributed by atoms with Crippen molar-refractivity contribution in [2.45, 2.75) is 13.0 Å². The Bertz CT molecular complexity index is 1020. The van der Waals surface area contributed by atoms with Crippen LogP contribution in [0.2, 0.25) is 0 Å². The molecule has 0 radical (unpaired) electrons. The van der Waals surface area contributed by atoms with Crippen LogP contribution in [-0.4, -0.2) is 23.4 Å². The molecule has 6 nitrogen and oxygen atoms in total. The number of pyridine rings is 1. The van der Waals surface area contributed by atoms with Gasteiger partial charge in [0.15, 0.2) is 6.61 Å². The summed E-state index contributed by atoms with van der Waals surface area (Å²) in [6.07, 6.45) is 0. The number of benzene rings is 2. The van der Waals surface area contributed by atoms with Crippen molar-refractivity contribution in [2.75, 3.05) is 11.9 Å². The van der Waals surface area contributed by atoms with E-state index < -0.39 is 0 Å². The van der Waals surface area contributed by atoms with Crippen LogP contribution in [-0.2, 0) is 4.79 Å². The number of aromatic nitrogens is 1. The number of fused-ring (bicyclic) bond motifs is 2. The lowest BCUT2D eigenvalue weighted by atomic mass is 10.1. The second kappa shape index (κ2) is 6.48. The molecule has 4 rings (SSSR count). The molecule has 26 heavy (non-hydrogen) atoms. The minimum atomic E-state index is -0.250. The molecule has 0 spiro atoms. The zero-order valence-electron chi connectivity index (χ0n) is 14.2. The van der Waals surface area contributed by atoms with Gasteiger partial charge in [-0.3, -0.25) is 9.59 Å². The Balaban J connectivity index is 1.53. The van der Waals surface area contributed by atoms with Crippen LogP contribution in [0.15, 0.2) is 54.6 Å². The van der Waals surface area contributed by atoms with E-state index in [0.29, 0.717) is 17.1 Å². The number of hydrogen-bond acceptors (Lipinski definition) is 4. The second-order valence-electron chi connectivity index (χ2n) is 6.18. The van der Waals surface area contributed by atoms with Crippen molar-refractivity contribution in [3.8, 4) is 5.75 Å². The molecule has 0 aliphatic carbocycles. The predicted octanol–water partition coefficient (Wildman–Crippen LogP) is 3.06. The second-order valence-corrected chi connectivity index (χ2v) is 6.18. The third-order valence-electron chi connectivity index (χ3n) is 4.32. The Morgan fingerprint density at radius 2 is 2.04 bits per heavy atom. The smallest absolute Gasteiger partial charge is 0.270 e. The van der Waals surface area contributed by atoms with Crippen molar-refractivity contribution >= 4 is 28.4 Å². The zero-order valence-corrected chi connectivity index (χ0v) is 14.2. The molecule has 1 atom stereocenters. The highest BCUT2D eigenvalue weighted by molar-refractivity contribution is 5.96. The summed E-state index contributed by atoms with van der Waals surface area (Å²) in [5.74, 6) is 0.191. The van der Waals surface area contributed by atoms with Gasteiger partial charge in [0, 0.05) is 5.39 Å². The lowest BCUT2D eigenvalue weighted by Gasteiger charge is -2.21. The molecule has 0 saturated heterocycles. The molecule has 1 aromatic heterocycles. The van der Waals surface area contributed by atoms with E-state index in [1.807, 2.05) is 49.4 Å². The van der Waals surface area contributed by atoms with E-state index in [-0.39, 0.29) is 24.5 Å². The predicted molar refractivity (Wildman–Crippen MR) is 98.2 cm³/mol. The van der Waals surface area contributed by atoms with Crippen molar-refractivity contribution < 1.29 is 14.3 Å². The highest BCUT2D eigenvalue weighted by Gasteiger charge is 2.19. The summed E-state index contributed by atoms with van der Waals surface area (Å²) in [4.78, 5) is 28.4. The number of amides is 2. The average Bonchev–Trinajstić information content (AvgIpc) is 2.66. The molecule has 0 unspecified atom stereocenters. The van der Waals surface area contributed by atoms with Crippen molar-refractivity contribution in [3.63, 3.8) is 0 Å². The first-order valence-corrected chi connectivity index (χ1v) is 8.33. The molecule has 3 aromatic rings. The minimum absolute atomic E-state index is 0.0201. The van der Waals surface area contributed by atoms with Gasteiger partial charge in [0.2, 0.25) is 0 Å². The third kappa shape index (κ3) is 3.09. The molecule has 0 bridgehead atoms. The molecule has 0 fully saturated rings. The maximum Gasteiger partial charge on any atom is 0.270 e. The SMILES string of the molecule is C[C@@H](NC(=O)c1ccc2ccccc2n1)c1ccc2c(c1)NC(=O)CO2. The van der Waals surface area contributed by atoms with Crippen molar-refractivity contribution in [1.29, 1.82) is 0 Å². The average molecular weight is 347 g/mol. The lowest BCUT2D eigenvalue weighted by molar-refractivity contribution is -0.118. The Morgan fingerprint density at radius 3 is 2.92 bits per heavy atom. The van der Waals surface area contributed by atoms with E-state index in [1.54, 1.807) is 12.1 Å². The molecule has 2 N–H and O–H groups in total. The summed E-state index contributed by atoms with van der Waals surface area (Å²) >= 11 is 0. The summed E-state index contributed by atoms with van der Waals surface area (Å²) < 4.78 is 5.35. The van der Waals surface area contributed by atoms with Crippen molar-refractivity contribution in [2.24, 2.45) is 0 Å². The summed E-state index contributed by atoms with van der Waals surface area (Å²) in [6, 6.07) is 16.5. The molecule has 1 aliphatic heterocycles. The summed E-state index contributed by atoms with van der Waals surface area (Å²) in [7, 11) is 0. The van der Waals surface area contributed by atoms with Crippen LogP contribution < -0.4 is 15.4 Å². The van der Waals surface area contributed by atoms with Crippen LogP contribution in [0, 0.1) is 0 Å². The lowest BCUT2D eigenvalue weighted by Crippen LogP contribution is -2.28. The Kier molecular flexibility index (Phi) is 4.01. The molecule has 2 aromatic carbocycles. The van der Waals surface area contributed by atoms with Gasteiger partial charge in [0.1, 0.15) is 11.4 Å². The third-order valence-corrected chi connectivity index (χ3v) is 4.32. The standard InChI is InChI=1S/C20H17N3O3/c1-12(14-7-9-18-17(10-14)23-19(24)11-26-18)21-20(25)16-8-6-13-4-2-3-5-15(13)22-16/h2-10,12H,11H2,1H3,(H,21,25)(H,23,24)/t12-/m1/s1. The molecule has 2 amide bonds. The molecular weight excluding hydrogens is 330 g/mol. The van der Waals surface area contributed by atoms with Gasteiger partial charge in [-0.2, -0.15) is 0 Å². The number of anilines is 1. The topological polar surface area (TPSA) is 80.3 Å². The number of nitrogens with one attached hydrogen (secondary N) is 2. The van der Waals surface area contributed by atoms with Crippen LogP contribution in [0.1, 0.15) is 29.0 Å². The maximum atomic E-state index is 12.5. The van der Waals surface area contributed by atoms with Crippen LogP contribution in [0.5, 0.6) is 5.75 Å². The highest BCUT2D eigenvalue weighted by Crippen LogP contribution is 2.30. The molecule has 0 saturated carbocycles. The fourth-order valence-electron chi connectivity index (χ4n) is 2.92. The first-order chi connectivity index (χ1) is 12.6. The van der Waals surface area contributed by atoms with Gasteiger partial charge >= 0.3 is 0 Å². The molecule has 130 valence electrons. The van der Waals surface area contributed by atoms with Crippen LogP contribution in [0.25, 0.3) is 10.9 Å². The van der Waals surface area contributed by atoms with Crippen molar-refractivity contribution in [3.05, 3.63) is 65.9 Å². The number of carbonyl (C=O) groups excluding carboxylic acids is 2. The van der Waals surface area contributed by atoms with E-state index in [1.165, 1.54) is 0 Å². The van der Waals surface area contributed by atoms with Crippen LogP contribution in [0.4, 0.5) is 5.69 Å². The highest BCUT2D eigenvalue weighted by atomic mass is 16.5. The van der Waals surface area contributed by atoms with Gasteiger partial charge in [-0.25, -0.2) is 4.98 Å². The molecular formula is C20H17N3O3. The van der Waals surface area contributed by atoms with E-state index >= 15 is 0 Å². The van der Waals surface area contributed by atoms with Crippen LogP contribution >= 0.6 is 0 Å². The van der Waals surface area contributed by atoms with Gasteiger partial charge in [0.25, 0.3) is 11.8 Å². The normalized spacial score (nSPS) is 14.1. The van der Waals surface area contributed by atoms with E-state index in [2.05, 4.69) is 15.6 Å². The first kappa shape index (κ1) is 16.1. The largest absolute Gasteiger partial charge is 0.482 e. The summed E-state index contributed by atoms with van der Waals surface area (Å²) in [5, 5.41) is 6.70. The number of rotatable bonds is 3. The summed E-state index contributed by atoms with van der Waals surface area (Å²) in [6.45, 7) is 1.90. The van der Waals surface area contributed by atoms with Gasteiger partial charge in [-0.05, 0) is 36.8 Å². The Hall–Kier alpha value is -3.41. The fraction of sp³-hybridized carbons (Fsp3) is 0.150. The number of para-hydroxylation sites is 1. The van der Waals surface area contributed by atoms with Gasteiger partial charge in [-0.1, -0.05) is 30.3 Å². The number of ether oxygens (including phenoxy) is 1. The monoisotopic (exact) mass is 347 g/mol. The van der Waals surface area contributed by atoms with E-state index in [9.17, 15) is 9.59 Å². The van der Waals surface area contributed by atoms with Crippen molar-refractivity contribution in [1.82, 2.24) is 10.3 Å². The summed E-state index contributed by atoms with van der Waals surface area (Å²) in [5.41, 5.74) is 2.62. The minimum Gasteiger partial charge on any atom is -0.482 e.